The summed E-state index contributed by atoms with van der Waals surface area (Å²) >= 11 is 0. The maximum atomic E-state index is 12.1. The summed E-state index contributed by atoms with van der Waals surface area (Å²) in [5.41, 5.74) is 5.38. The molecule has 1 heterocycles. The molecule has 0 saturated carbocycles. The largest absolute Gasteiger partial charge is 0.354 e. The number of nitrogens with zero attached hydrogens (tertiary/aromatic N) is 1. The monoisotopic (exact) mass is 331 g/mol. The predicted octanol–water partition coefficient (Wildman–Crippen LogP) is 4.62. The Bertz CT molecular complexity index is 858. The number of pyridine rings is 1. The number of aromatic nitrogens is 1. The van der Waals surface area contributed by atoms with Crippen LogP contribution in [0.5, 0.6) is 0 Å². The minimum absolute atomic E-state index is 0.0754. The summed E-state index contributed by atoms with van der Waals surface area (Å²) in [6, 6.07) is 19.6. The van der Waals surface area contributed by atoms with Crippen LogP contribution < -0.4 is 10.6 Å². The lowest BCUT2D eigenvalue weighted by Crippen LogP contribution is -2.15. The standard InChI is InChI=1S/C21H21N3O/c1-15-8-9-18(12-16(15)2)23-19-10-11-20(22-14-19)24-21(25)13-17-6-4-3-5-7-17/h3-12,14,23H,13H2,1-2H3,(H,22,24,25). The fraction of sp³-hybridized carbons (Fsp3) is 0.143. The summed E-state index contributed by atoms with van der Waals surface area (Å²) in [6.45, 7) is 4.18. The minimum Gasteiger partial charge on any atom is -0.354 e. The molecule has 1 amide bonds. The Labute approximate surface area is 147 Å². The van der Waals surface area contributed by atoms with Crippen molar-refractivity contribution in [1.82, 2.24) is 4.98 Å². The summed E-state index contributed by atoms with van der Waals surface area (Å²) < 4.78 is 0. The zero-order valence-corrected chi connectivity index (χ0v) is 14.4. The molecule has 126 valence electrons. The second-order valence-corrected chi connectivity index (χ2v) is 6.07. The highest BCUT2D eigenvalue weighted by atomic mass is 16.1. The van der Waals surface area contributed by atoms with Gasteiger partial charge in [0.25, 0.3) is 0 Å². The van der Waals surface area contributed by atoms with E-state index in [0.29, 0.717) is 12.2 Å². The van der Waals surface area contributed by atoms with Crippen molar-refractivity contribution >= 4 is 23.1 Å². The van der Waals surface area contributed by atoms with Crippen LogP contribution in [0, 0.1) is 13.8 Å². The highest BCUT2D eigenvalue weighted by molar-refractivity contribution is 5.91. The number of benzene rings is 2. The van der Waals surface area contributed by atoms with Gasteiger partial charge in [-0.2, -0.15) is 0 Å². The van der Waals surface area contributed by atoms with Crippen LogP contribution >= 0.6 is 0 Å². The smallest absolute Gasteiger partial charge is 0.229 e. The van der Waals surface area contributed by atoms with Gasteiger partial charge in [-0.3, -0.25) is 4.79 Å². The molecule has 0 aliphatic rings. The lowest BCUT2D eigenvalue weighted by Gasteiger charge is -2.09. The Hall–Kier alpha value is -3.14. The number of hydrogen-bond acceptors (Lipinski definition) is 3. The third kappa shape index (κ3) is 4.67. The van der Waals surface area contributed by atoms with Crippen molar-refractivity contribution in [3.05, 3.63) is 83.6 Å². The molecule has 25 heavy (non-hydrogen) atoms. The molecule has 4 nitrogen and oxygen atoms in total. The third-order valence-electron chi connectivity index (χ3n) is 4.03. The maximum Gasteiger partial charge on any atom is 0.229 e. The van der Waals surface area contributed by atoms with Gasteiger partial charge in [0.15, 0.2) is 0 Å². The number of hydrogen-bond donors (Lipinski definition) is 2. The van der Waals surface area contributed by atoms with Crippen molar-refractivity contribution < 1.29 is 4.79 Å². The second kappa shape index (κ2) is 7.62. The van der Waals surface area contributed by atoms with E-state index in [4.69, 9.17) is 0 Å². The first kappa shape index (κ1) is 16.7. The summed E-state index contributed by atoms with van der Waals surface area (Å²) in [4.78, 5) is 16.4. The van der Waals surface area contributed by atoms with E-state index in [9.17, 15) is 4.79 Å². The molecule has 0 atom stereocenters. The Balaban J connectivity index is 1.60. The van der Waals surface area contributed by atoms with Crippen LogP contribution in [0.3, 0.4) is 0 Å². The topological polar surface area (TPSA) is 54.0 Å². The molecule has 4 heteroatoms. The molecule has 0 spiro atoms. The van der Waals surface area contributed by atoms with Crippen LogP contribution in [-0.2, 0) is 11.2 Å². The first-order chi connectivity index (χ1) is 12.1. The van der Waals surface area contributed by atoms with Gasteiger partial charge in [0.05, 0.1) is 18.3 Å². The molecule has 2 aromatic carbocycles. The Morgan fingerprint density at radius 2 is 1.68 bits per heavy atom. The van der Waals surface area contributed by atoms with Crippen LogP contribution in [0.1, 0.15) is 16.7 Å². The fourth-order valence-electron chi connectivity index (χ4n) is 2.50. The van der Waals surface area contributed by atoms with Crippen LogP contribution in [0.15, 0.2) is 66.9 Å². The Morgan fingerprint density at radius 3 is 2.36 bits per heavy atom. The summed E-state index contributed by atoms with van der Waals surface area (Å²) in [7, 11) is 0. The fourth-order valence-corrected chi connectivity index (χ4v) is 2.50. The molecule has 0 saturated heterocycles. The zero-order valence-electron chi connectivity index (χ0n) is 14.4. The van der Waals surface area contributed by atoms with Crippen LogP contribution in [-0.4, -0.2) is 10.9 Å². The van der Waals surface area contributed by atoms with Gasteiger partial charge in [-0.05, 0) is 54.8 Å². The minimum atomic E-state index is -0.0754. The zero-order chi connectivity index (χ0) is 17.6. The predicted molar refractivity (Wildman–Crippen MR) is 102 cm³/mol. The SMILES string of the molecule is Cc1ccc(Nc2ccc(NC(=O)Cc3ccccc3)nc2)cc1C. The van der Waals surface area contributed by atoms with Gasteiger partial charge in [0.1, 0.15) is 5.82 Å². The summed E-state index contributed by atoms with van der Waals surface area (Å²) in [5.74, 6) is 0.472. The molecule has 0 unspecified atom stereocenters. The normalized spacial score (nSPS) is 10.3. The van der Waals surface area contributed by atoms with Crippen LogP contribution in [0.2, 0.25) is 0 Å². The van der Waals surface area contributed by atoms with E-state index < -0.39 is 0 Å². The second-order valence-electron chi connectivity index (χ2n) is 6.07. The Morgan fingerprint density at radius 1 is 0.920 bits per heavy atom. The molecule has 0 fully saturated rings. The van der Waals surface area contributed by atoms with E-state index in [2.05, 4.69) is 41.6 Å². The number of rotatable bonds is 5. The van der Waals surface area contributed by atoms with Crippen molar-refractivity contribution in [2.75, 3.05) is 10.6 Å². The number of carbonyl (C=O) groups is 1. The number of nitrogens with one attached hydrogen (secondary N) is 2. The third-order valence-corrected chi connectivity index (χ3v) is 4.03. The summed E-state index contributed by atoms with van der Waals surface area (Å²) in [6.07, 6.45) is 2.05. The van der Waals surface area contributed by atoms with Gasteiger partial charge in [-0.15, -0.1) is 0 Å². The van der Waals surface area contributed by atoms with Gasteiger partial charge < -0.3 is 10.6 Å². The maximum absolute atomic E-state index is 12.1. The van der Waals surface area contributed by atoms with Gasteiger partial charge in [-0.1, -0.05) is 36.4 Å². The van der Waals surface area contributed by atoms with Gasteiger partial charge in [0.2, 0.25) is 5.91 Å². The van der Waals surface area contributed by atoms with Gasteiger partial charge >= 0.3 is 0 Å². The average molecular weight is 331 g/mol. The molecule has 3 aromatic rings. The van der Waals surface area contributed by atoms with E-state index in [-0.39, 0.29) is 5.91 Å². The molecule has 1 aromatic heterocycles. The van der Waals surface area contributed by atoms with Crippen molar-refractivity contribution in [1.29, 1.82) is 0 Å². The van der Waals surface area contributed by atoms with Gasteiger partial charge in [0, 0.05) is 5.69 Å². The molecule has 3 rings (SSSR count). The van der Waals surface area contributed by atoms with E-state index in [1.165, 1.54) is 11.1 Å². The first-order valence-electron chi connectivity index (χ1n) is 8.24. The van der Waals surface area contributed by atoms with E-state index in [1.54, 1.807) is 12.3 Å². The average Bonchev–Trinajstić information content (AvgIpc) is 2.61. The number of carbonyl (C=O) groups excluding carboxylic acids is 1. The van der Waals surface area contributed by atoms with Crippen molar-refractivity contribution in [2.24, 2.45) is 0 Å². The molecule has 0 bridgehead atoms. The number of anilines is 3. The first-order valence-corrected chi connectivity index (χ1v) is 8.24. The summed E-state index contributed by atoms with van der Waals surface area (Å²) in [5, 5.41) is 6.14. The molecule has 0 aliphatic heterocycles. The molecule has 0 radical (unpaired) electrons. The quantitative estimate of drug-likeness (QED) is 0.717. The Kier molecular flexibility index (Phi) is 5.09. The lowest BCUT2D eigenvalue weighted by atomic mass is 10.1. The molecular weight excluding hydrogens is 310 g/mol. The van der Waals surface area contributed by atoms with Crippen LogP contribution in [0.4, 0.5) is 17.2 Å². The van der Waals surface area contributed by atoms with Crippen molar-refractivity contribution in [3.8, 4) is 0 Å². The molecular formula is C21H21N3O. The number of amides is 1. The van der Waals surface area contributed by atoms with E-state index in [0.717, 1.165) is 16.9 Å². The highest BCUT2D eigenvalue weighted by Crippen LogP contribution is 2.20. The van der Waals surface area contributed by atoms with Crippen molar-refractivity contribution in [3.63, 3.8) is 0 Å². The highest BCUT2D eigenvalue weighted by Gasteiger charge is 2.05. The van der Waals surface area contributed by atoms with Crippen molar-refractivity contribution in [2.45, 2.75) is 20.3 Å². The number of aryl methyl sites for hydroxylation is 2. The molecule has 2 N–H and O–H groups in total. The van der Waals surface area contributed by atoms with E-state index >= 15 is 0 Å². The van der Waals surface area contributed by atoms with Crippen LogP contribution in [0.25, 0.3) is 0 Å². The molecule has 0 aliphatic carbocycles. The lowest BCUT2D eigenvalue weighted by molar-refractivity contribution is -0.115. The van der Waals surface area contributed by atoms with E-state index in [1.807, 2.05) is 42.5 Å². The van der Waals surface area contributed by atoms with Gasteiger partial charge in [-0.25, -0.2) is 4.98 Å².